The molecule has 0 aromatic heterocycles. The average molecular weight is 425 g/mol. The van der Waals surface area contributed by atoms with E-state index in [1.54, 1.807) is 0 Å². The van der Waals surface area contributed by atoms with Crippen molar-refractivity contribution in [1.82, 2.24) is 10.6 Å². The molecule has 2 rings (SSSR count). The number of rotatable bonds is 9. The van der Waals surface area contributed by atoms with Gasteiger partial charge in [-0.2, -0.15) is 0 Å². The summed E-state index contributed by atoms with van der Waals surface area (Å²) in [7, 11) is -2.38. The molecule has 0 aliphatic heterocycles. The van der Waals surface area contributed by atoms with E-state index in [1.807, 2.05) is 30.3 Å². The average Bonchev–Trinajstić information content (AvgIpc) is 2.68. The van der Waals surface area contributed by atoms with E-state index < -0.39 is 33.3 Å². The van der Waals surface area contributed by atoms with Gasteiger partial charge in [0.2, 0.25) is 5.91 Å². The molecular weight excluding hydrogens is 400 g/mol. The molecule has 0 heterocycles. The molecule has 152 valence electrons. The summed E-state index contributed by atoms with van der Waals surface area (Å²) in [6.45, 7) is 1.44. The maximum atomic E-state index is 13.2. The zero-order valence-electron chi connectivity index (χ0n) is 15.8. The van der Waals surface area contributed by atoms with E-state index in [0.717, 1.165) is 5.56 Å². The van der Waals surface area contributed by atoms with Crippen LogP contribution in [0.2, 0.25) is 5.02 Å². The minimum atomic E-state index is -3.82. The smallest absolute Gasteiger partial charge is 0.239 e. The molecule has 6 nitrogen and oxygen atoms in total. The number of carbonyl (C=O) groups is 1. The topological polar surface area (TPSA) is 95.5 Å². The van der Waals surface area contributed by atoms with Gasteiger partial charge < -0.3 is 10.4 Å². The summed E-state index contributed by atoms with van der Waals surface area (Å²) in [5.41, 5.74) is 0.981. The lowest BCUT2D eigenvalue weighted by Crippen LogP contribution is -2.55. The lowest BCUT2D eigenvalue weighted by atomic mass is 10.1. The number of aliphatic hydroxyl groups excluding tert-OH is 1. The summed E-state index contributed by atoms with van der Waals surface area (Å²) in [4.78, 5) is 12.2. The molecule has 3 unspecified atom stereocenters. The van der Waals surface area contributed by atoms with Crippen molar-refractivity contribution in [2.24, 2.45) is 0 Å². The Balaban J connectivity index is 2.33. The first-order valence-corrected chi connectivity index (χ1v) is 10.9. The van der Waals surface area contributed by atoms with E-state index in [2.05, 4.69) is 10.6 Å². The lowest BCUT2D eigenvalue weighted by molar-refractivity contribution is -0.125. The number of halogens is 1. The second-order valence-electron chi connectivity index (χ2n) is 6.51. The number of hydrogen-bond acceptors (Lipinski definition) is 5. The Morgan fingerprint density at radius 2 is 1.71 bits per heavy atom. The van der Waals surface area contributed by atoms with Gasteiger partial charge in [0.15, 0.2) is 9.84 Å². The maximum Gasteiger partial charge on any atom is 0.239 e. The Labute approximate surface area is 170 Å². The van der Waals surface area contributed by atoms with Crippen LogP contribution in [0.3, 0.4) is 0 Å². The van der Waals surface area contributed by atoms with Gasteiger partial charge >= 0.3 is 0 Å². The van der Waals surface area contributed by atoms with Crippen LogP contribution in [0.5, 0.6) is 0 Å². The van der Waals surface area contributed by atoms with Gasteiger partial charge in [0.1, 0.15) is 11.4 Å². The highest BCUT2D eigenvalue weighted by Crippen LogP contribution is 2.21. The van der Waals surface area contributed by atoms with Gasteiger partial charge in [-0.3, -0.25) is 10.1 Å². The summed E-state index contributed by atoms with van der Waals surface area (Å²) in [5, 5.41) is 14.6. The largest absolute Gasteiger partial charge is 0.391 e. The van der Waals surface area contributed by atoms with Crippen LogP contribution < -0.4 is 10.6 Å². The molecule has 0 aliphatic rings. The van der Waals surface area contributed by atoms with Crippen molar-refractivity contribution in [3.63, 3.8) is 0 Å². The fraction of sp³-hybridized carbons (Fsp3) is 0.350. The number of benzene rings is 2. The van der Waals surface area contributed by atoms with E-state index in [9.17, 15) is 18.3 Å². The van der Waals surface area contributed by atoms with Crippen LogP contribution in [0.1, 0.15) is 18.9 Å². The van der Waals surface area contributed by atoms with Gasteiger partial charge in [0, 0.05) is 12.1 Å². The molecule has 3 N–H and O–H groups in total. The van der Waals surface area contributed by atoms with E-state index in [4.69, 9.17) is 11.6 Å². The second-order valence-corrected chi connectivity index (χ2v) is 9.08. The first-order chi connectivity index (χ1) is 13.3. The highest BCUT2D eigenvalue weighted by atomic mass is 35.5. The van der Waals surface area contributed by atoms with Crippen LogP contribution in [0.15, 0.2) is 59.5 Å². The molecule has 3 atom stereocenters. The van der Waals surface area contributed by atoms with Gasteiger partial charge in [-0.15, -0.1) is 0 Å². The Hall–Kier alpha value is -1.93. The number of hydrogen-bond donors (Lipinski definition) is 3. The van der Waals surface area contributed by atoms with Crippen molar-refractivity contribution in [2.75, 3.05) is 7.05 Å². The first-order valence-electron chi connectivity index (χ1n) is 8.95. The zero-order valence-corrected chi connectivity index (χ0v) is 17.4. The van der Waals surface area contributed by atoms with Gasteiger partial charge in [-0.25, -0.2) is 8.42 Å². The molecule has 0 fully saturated rings. The van der Waals surface area contributed by atoms with E-state index in [-0.39, 0.29) is 11.3 Å². The minimum absolute atomic E-state index is 0.101. The zero-order chi connectivity index (χ0) is 20.7. The van der Waals surface area contributed by atoms with Crippen LogP contribution in [0.4, 0.5) is 0 Å². The van der Waals surface area contributed by atoms with Crippen LogP contribution in [0.25, 0.3) is 0 Å². The number of aliphatic hydroxyl groups is 1. The standard InChI is InChI=1S/C20H25ClN2O4S/c1-14(24)19(20(25)22-2)23-18(13-8-15-6-4-3-5-7-15)28(26,27)17-11-9-16(21)10-12-17/h3-7,9-12,14,18-19,23-24H,8,13H2,1-2H3,(H,22,25). The predicted octanol–water partition coefficient (Wildman–Crippen LogP) is 2.16. The van der Waals surface area contributed by atoms with Gasteiger partial charge in [-0.05, 0) is 49.6 Å². The fourth-order valence-electron chi connectivity index (χ4n) is 2.85. The molecule has 1 amide bonds. The molecule has 2 aromatic rings. The molecule has 0 saturated heterocycles. The maximum absolute atomic E-state index is 13.2. The van der Waals surface area contributed by atoms with Gasteiger partial charge in [0.25, 0.3) is 0 Å². The second kappa shape index (κ2) is 10.0. The van der Waals surface area contributed by atoms with Crippen LogP contribution >= 0.6 is 11.6 Å². The summed E-state index contributed by atoms with van der Waals surface area (Å²) >= 11 is 5.87. The van der Waals surface area contributed by atoms with Gasteiger partial charge in [0.05, 0.1) is 11.0 Å². The third-order valence-electron chi connectivity index (χ3n) is 4.43. The highest BCUT2D eigenvalue weighted by Gasteiger charge is 2.33. The van der Waals surface area contributed by atoms with Crippen molar-refractivity contribution >= 4 is 27.3 Å². The van der Waals surface area contributed by atoms with E-state index in [0.29, 0.717) is 11.4 Å². The van der Waals surface area contributed by atoms with Crippen molar-refractivity contribution in [2.45, 2.75) is 42.2 Å². The lowest BCUT2D eigenvalue weighted by Gasteiger charge is -2.26. The first kappa shape index (κ1) is 22.4. The van der Waals surface area contributed by atoms with Crippen molar-refractivity contribution in [3.8, 4) is 0 Å². The Morgan fingerprint density at radius 1 is 1.11 bits per heavy atom. The molecule has 0 radical (unpaired) electrons. The van der Waals surface area contributed by atoms with E-state index in [1.165, 1.54) is 38.2 Å². The van der Waals surface area contributed by atoms with Gasteiger partial charge in [-0.1, -0.05) is 41.9 Å². The quantitative estimate of drug-likeness (QED) is 0.573. The number of nitrogens with one attached hydrogen (secondary N) is 2. The highest BCUT2D eigenvalue weighted by molar-refractivity contribution is 7.92. The molecule has 0 spiro atoms. The summed E-state index contributed by atoms with van der Waals surface area (Å²) in [6.07, 6.45) is -0.347. The molecule has 28 heavy (non-hydrogen) atoms. The van der Waals surface area contributed by atoms with Crippen molar-refractivity contribution < 1.29 is 18.3 Å². The number of carbonyl (C=O) groups excluding carboxylic acids is 1. The molecule has 0 saturated carbocycles. The Kier molecular flexibility index (Phi) is 8.00. The van der Waals surface area contributed by atoms with Crippen molar-refractivity contribution in [3.05, 3.63) is 65.2 Å². The van der Waals surface area contributed by atoms with Crippen LogP contribution in [-0.2, 0) is 21.1 Å². The molecule has 0 bridgehead atoms. The van der Waals surface area contributed by atoms with Crippen LogP contribution in [-0.4, -0.2) is 44.0 Å². The number of amides is 1. The number of sulfone groups is 1. The number of likely N-dealkylation sites (N-methyl/N-ethyl adjacent to an activating group) is 1. The summed E-state index contributed by atoms with van der Waals surface area (Å²) in [5.74, 6) is -0.481. The van der Waals surface area contributed by atoms with E-state index >= 15 is 0 Å². The van der Waals surface area contributed by atoms with Crippen LogP contribution in [0, 0.1) is 0 Å². The SMILES string of the molecule is CNC(=O)C(NC(CCc1ccccc1)S(=O)(=O)c1ccc(Cl)cc1)C(C)O. The molecule has 8 heteroatoms. The third-order valence-corrected chi connectivity index (χ3v) is 6.73. The van der Waals surface area contributed by atoms with Crippen molar-refractivity contribution in [1.29, 1.82) is 0 Å². The monoisotopic (exact) mass is 424 g/mol. The third kappa shape index (κ3) is 5.78. The molecular formula is C20H25ClN2O4S. The predicted molar refractivity (Wildman–Crippen MR) is 110 cm³/mol. The Morgan fingerprint density at radius 3 is 2.25 bits per heavy atom. The minimum Gasteiger partial charge on any atom is -0.391 e. The molecule has 0 aliphatic carbocycles. The molecule has 2 aromatic carbocycles. The summed E-state index contributed by atoms with van der Waals surface area (Å²) in [6, 6.07) is 14.3. The fourth-order valence-corrected chi connectivity index (χ4v) is 4.57. The summed E-state index contributed by atoms with van der Waals surface area (Å²) < 4.78 is 26.4. The normalized spacial score (nSPS) is 14.9. The Bertz CT molecular complexity index is 871. The number of aryl methyl sites for hydroxylation is 1.